The molecule has 6 heteroatoms. The molecule has 3 N–H and O–H groups in total. The molecule has 0 bridgehead atoms. The van der Waals surface area contributed by atoms with Gasteiger partial charge in [-0.15, -0.1) is 0 Å². The van der Waals surface area contributed by atoms with E-state index >= 15 is 0 Å². The number of esters is 1. The number of carbonyl (C=O) groups excluding carboxylic acids is 1. The average molecular weight is 245 g/mol. The van der Waals surface area contributed by atoms with Gasteiger partial charge in [0.2, 0.25) is 6.17 Å². The number of alkyl halides is 1. The van der Waals surface area contributed by atoms with Gasteiger partial charge in [0.25, 0.3) is 0 Å². The molecule has 0 amide bonds. The van der Waals surface area contributed by atoms with Crippen LogP contribution in [-0.4, -0.2) is 23.9 Å². The molecule has 1 aromatic rings. The number of nitrogens with two attached hydrogens (primary N) is 1. The van der Waals surface area contributed by atoms with Crippen molar-refractivity contribution in [1.82, 2.24) is 0 Å². The number of carbonyl (C=O) groups is 1. The third-order valence-electron chi connectivity index (χ3n) is 2.20. The molecule has 0 saturated carbocycles. The minimum absolute atomic E-state index is 0.0150. The van der Waals surface area contributed by atoms with E-state index in [0.29, 0.717) is 0 Å². The van der Waals surface area contributed by atoms with Crippen LogP contribution in [0.1, 0.15) is 18.5 Å². The van der Waals surface area contributed by atoms with Crippen LogP contribution in [0, 0.1) is 5.82 Å². The van der Waals surface area contributed by atoms with Crippen LogP contribution < -0.4 is 5.73 Å². The van der Waals surface area contributed by atoms with Crippen LogP contribution in [0.3, 0.4) is 0 Å². The Labute approximate surface area is 97.0 Å². The number of para-hydroxylation sites is 1. The summed E-state index contributed by atoms with van der Waals surface area (Å²) in [4.78, 5) is 11.1. The maximum atomic E-state index is 13.5. The van der Waals surface area contributed by atoms with E-state index in [9.17, 15) is 18.7 Å². The summed E-state index contributed by atoms with van der Waals surface area (Å²) in [5, 5.41) is 9.35. The molecular formula is C11H13F2NO3. The van der Waals surface area contributed by atoms with Gasteiger partial charge < -0.3 is 15.6 Å². The average Bonchev–Trinajstić information content (AvgIpc) is 2.31. The number of halogens is 2. The van der Waals surface area contributed by atoms with E-state index in [1.165, 1.54) is 19.1 Å². The van der Waals surface area contributed by atoms with Crippen LogP contribution in [0.15, 0.2) is 18.2 Å². The molecule has 17 heavy (non-hydrogen) atoms. The SMILES string of the molecule is CCOC(=O)C(F)[C@@H](N)c1cccc(F)c1O. The van der Waals surface area contributed by atoms with Gasteiger partial charge in [0.05, 0.1) is 12.6 Å². The van der Waals surface area contributed by atoms with Crippen molar-refractivity contribution < 1.29 is 23.4 Å². The molecule has 0 radical (unpaired) electrons. The molecule has 0 saturated heterocycles. The molecule has 0 aliphatic carbocycles. The van der Waals surface area contributed by atoms with E-state index < -0.39 is 29.7 Å². The number of rotatable bonds is 4. The second-order valence-electron chi connectivity index (χ2n) is 3.36. The zero-order chi connectivity index (χ0) is 13.0. The summed E-state index contributed by atoms with van der Waals surface area (Å²) in [7, 11) is 0. The fourth-order valence-electron chi connectivity index (χ4n) is 1.33. The van der Waals surface area contributed by atoms with Crippen molar-refractivity contribution in [2.75, 3.05) is 6.61 Å². The van der Waals surface area contributed by atoms with E-state index in [1.54, 1.807) is 0 Å². The number of phenolic OH excluding ortho intramolecular Hbond substituents is 1. The van der Waals surface area contributed by atoms with E-state index in [4.69, 9.17) is 5.73 Å². The lowest BCUT2D eigenvalue weighted by atomic mass is 10.0. The summed E-state index contributed by atoms with van der Waals surface area (Å²) < 4.78 is 31.0. The Morgan fingerprint density at radius 2 is 2.24 bits per heavy atom. The molecule has 0 aliphatic rings. The van der Waals surface area contributed by atoms with Gasteiger partial charge in [-0.05, 0) is 13.0 Å². The standard InChI is InChI=1S/C11H13F2NO3/c1-2-17-11(16)8(13)9(14)6-4-3-5-7(12)10(6)15/h3-5,8-9,15H,2,14H2,1H3/t8?,9-/m0/s1. The predicted molar refractivity (Wildman–Crippen MR) is 56.5 cm³/mol. The fourth-order valence-corrected chi connectivity index (χ4v) is 1.33. The summed E-state index contributed by atoms with van der Waals surface area (Å²) in [5.41, 5.74) is 5.26. The van der Waals surface area contributed by atoms with E-state index in [2.05, 4.69) is 4.74 Å². The van der Waals surface area contributed by atoms with Crippen molar-refractivity contribution in [3.8, 4) is 5.75 Å². The summed E-state index contributed by atoms with van der Waals surface area (Å²) >= 11 is 0. The van der Waals surface area contributed by atoms with Gasteiger partial charge in [-0.2, -0.15) is 0 Å². The van der Waals surface area contributed by atoms with Crippen molar-refractivity contribution >= 4 is 5.97 Å². The van der Waals surface area contributed by atoms with Gasteiger partial charge in [-0.25, -0.2) is 13.6 Å². The summed E-state index contributed by atoms with van der Waals surface area (Å²) in [6.07, 6.45) is -2.15. The van der Waals surface area contributed by atoms with Crippen molar-refractivity contribution in [2.45, 2.75) is 19.1 Å². The molecule has 1 aromatic carbocycles. The fraction of sp³-hybridized carbons (Fsp3) is 0.364. The second-order valence-corrected chi connectivity index (χ2v) is 3.36. The predicted octanol–water partition coefficient (Wildman–Crippen LogP) is 1.43. The third kappa shape index (κ3) is 2.91. The van der Waals surface area contributed by atoms with Gasteiger partial charge in [0, 0.05) is 5.56 Å². The van der Waals surface area contributed by atoms with Gasteiger partial charge in [0.15, 0.2) is 11.6 Å². The Morgan fingerprint density at radius 1 is 1.59 bits per heavy atom. The molecule has 0 spiro atoms. The molecule has 0 fully saturated rings. The molecule has 1 rings (SSSR count). The lowest BCUT2D eigenvalue weighted by Gasteiger charge is -2.16. The minimum Gasteiger partial charge on any atom is -0.505 e. The Hall–Kier alpha value is -1.69. The smallest absolute Gasteiger partial charge is 0.342 e. The lowest BCUT2D eigenvalue weighted by Crippen LogP contribution is -2.31. The highest BCUT2D eigenvalue weighted by atomic mass is 19.1. The van der Waals surface area contributed by atoms with Crippen LogP contribution in [0.25, 0.3) is 0 Å². The largest absolute Gasteiger partial charge is 0.505 e. The first kappa shape index (κ1) is 13.4. The molecule has 4 nitrogen and oxygen atoms in total. The highest BCUT2D eigenvalue weighted by Crippen LogP contribution is 2.28. The number of phenols is 1. The zero-order valence-corrected chi connectivity index (χ0v) is 9.19. The number of ether oxygens (including phenoxy) is 1. The zero-order valence-electron chi connectivity index (χ0n) is 9.19. The van der Waals surface area contributed by atoms with Crippen LogP contribution in [0.2, 0.25) is 0 Å². The maximum Gasteiger partial charge on any atom is 0.342 e. The first-order valence-electron chi connectivity index (χ1n) is 5.02. The lowest BCUT2D eigenvalue weighted by molar-refractivity contribution is -0.149. The Kier molecular flexibility index (Phi) is 4.39. The Bertz CT molecular complexity index is 412. The van der Waals surface area contributed by atoms with Crippen molar-refractivity contribution in [3.05, 3.63) is 29.6 Å². The van der Waals surface area contributed by atoms with Crippen LogP contribution in [0.4, 0.5) is 8.78 Å². The highest BCUT2D eigenvalue weighted by Gasteiger charge is 2.30. The van der Waals surface area contributed by atoms with Gasteiger partial charge in [-0.1, -0.05) is 12.1 Å². The first-order chi connectivity index (χ1) is 7.99. The molecule has 94 valence electrons. The number of hydrogen-bond acceptors (Lipinski definition) is 4. The number of hydrogen-bond donors (Lipinski definition) is 2. The minimum atomic E-state index is -2.15. The van der Waals surface area contributed by atoms with Gasteiger partial charge in [0.1, 0.15) is 0 Å². The van der Waals surface area contributed by atoms with E-state index in [-0.39, 0.29) is 12.2 Å². The third-order valence-corrected chi connectivity index (χ3v) is 2.20. The monoisotopic (exact) mass is 245 g/mol. The van der Waals surface area contributed by atoms with Crippen molar-refractivity contribution in [1.29, 1.82) is 0 Å². The van der Waals surface area contributed by atoms with E-state index in [1.807, 2.05) is 0 Å². The Balaban J connectivity index is 2.92. The van der Waals surface area contributed by atoms with Crippen molar-refractivity contribution in [2.24, 2.45) is 5.73 Å². The Morgan fingerprint density at radius 3 is 2.82 bits per heavy atom. The molecule has 0 aliphatic heterocycles. The maximum absolute atomic E-state index is 13.5. The van der Waals surface area contributed by atoms with Gasteiger partial charge in [-0.3, -0.25) is 0 Å². The first-order valence-corrected chi connectivity index (χ1v) is 5.02. The normalized spacial score (nSPS) is 14.1. The quantitative estimate of drug-likeness (QED) is 0.787. The number of aromatic hydroxyl groups is 1. The molecule has 1 unspecified atom stereocenters. The topological polar surface area (TPSA) is 72.5 Å². The summed E-state index contributed by atoms with van der Waals surface area (Å²) in [5.74, 6) is -2.82. The van der Waals surface area contributed by atoms with Crippen LogP contribution >= 0.6 is 0 Å². The number of benzene rings is 1. The van der Waals surface area contributed by atoms with Crippen LogP contribution in [0.5, 0.6) is 5.75 Å². The second kappa shape index (κ2) is 5.58. The highest BCUT2D eigenvalue weighted by molar-refractivity contribution is 5.76. The van der Waals surface area contributed by atoms with E-state index in [0.717, 1.165) is 6.07 Å². The molecule has 2 atom stereocenters. The summed E-state index contributed by atoms with van der Waals surface area (Å²) in [6, 6.07) is 2.05. The van der Waals surface area contributed by atoms with Gasteiger partial charge >= 0.3 is 5.97 Å². The van der Waals surface area contributed by atoms with Crippen LogP contribution in [-0.2, 0) is 9.53 Å². The molecular weight excluding hydrogens is 232 g/mol. The molecule has 0 heterocycles. The van der Waals surface area contributed by atoms with Crippen molar-refractivity contribution in [3.63, 3.8) is 0 Å². The summed E-state index contributed by atoms with van der Waals surface area (Å²) in [6.45, 7) is 1.54. The molecule has 0 aromatic heterocycles.